The van der Waals surface area contributed by atoms with Crippen LogP contribution < -0.4 is 5.32 Å². The minimum absolute atomic E-state index is 0.252. The van der Waals surface area contributed by atoms with Crippen LogP contribution in [0.4, 0.5) is 0 Å². The molecule has 0 aliphatic carbocycles. The molecule has 1 aliphatic heterocycles. The van der Waals surface area contributed by atoms with Crippen molar-refractivity contribution in [3.05, 3.63) is 35.6 Å². The lowest BCUT2D eigenvalue weighted by molar-refractivity contribution is -0.150. The number of morpholine rings is 1. The molecule has 0 bridgehead atoms. The number of aliphatic carboxylic acids is 1. The van der Waals surface area contributed by atoms with E-state index >= 15 is 0 Å². The first-order valence-corrected chi connectivity index (χ1v) is 7.23. The molecular weight excluding hydrogens is 270 g/mol. The van der Waals surface area contributed by atoms with Crippen LogP contribution in [-0.4, -0.2) is 29.8 Å². The van der Waals surface area contributed by atoms with E-state index in [1.54, 1.807) is 6.92 Å². The van der Waals surface area contributed by atoms with Crippen LogP contribution in [0.1, 0.15) is 31.3 Å². The molecule has 1 fully saturated rings. The fourth-order valence-corrected chi connectivity index (χ4v) is 2.97. The monoisotopic (exact) mass is 289 g/mol. The van der Waals surface area contributed by atoms with Gasteiger partial charge in [-0.25, -0.2) is 0 Å². The first kappa shape index (κ1) is 14.1. The first-order chi connectivity index (χ1) is 10.1. The summed E-state index contributed by atoms with van der Waals surface area (Å²) < 4.78 is 11.8. The van der Waals surface area contributed by atoms with Crippen LogP contribution in [0.15, 0.2) is 28.7 Å². The second-order valence-corrected chi connectivity index (χ2v) is 5.35. The number of hydrogen-bond acceptors (Lipinski definition) is 4. The minimum atomic E-state index is -0.888. The number of benzene rings is 1. The maximum absolute atomic E-state index is 11.1. The van der Waals surface area contributed by atoms with Crippen LogP contribution in [0.2, 0.25) is 0 Å². The van der Waals surface area contributed by atoms with Crippen LogP contribution in [0.25, 0.3) is 11.0 Å². The van der Waals surface area contributed by atoms with Gasteiger partial charge in [-0.05, 0) is 19.4 Å². The molecule has 3 rings (SSSR count). The molecule has 3 unspecified atom stereocenters. The predicted octanol–water partition coefficient (Wildman–Crippen LogP) is 2.50. The summed E-state index contributed by atoms with van der Waals surface area (Å²) in [5.74, 6) is -0.0804. The van der Waals surface area contributed by atoms with E-state index in [4.69, 9.17) is 14.3 Å². The summed E-state index contributed by atoms with van der Waals surface area (Å²) in [7, 11) is 0. The normalized spacial score (nSPS) is 26.1. The molecule has 1 aromatic carbocycles. The summed E-state index contributed by atoms with van der Waals surface area (Å²) in [6.45, 7) is 4.29. The largest absolute Gasteiger partial charge is 0.480 e. The Labute approximate surface area is 122 Å². The highest BCUT2D eigenvalue weighted by Gasteiger charge is 2.35. The number of carboxylic acids is 1. The zero-order valence-electron chi connectivity index (χ0n) is 12.1. The number of furan rings is 1. The molecule has 0 saturated carbocycles. The van der Waals surface area contributed by atoms with Crippen LogP contribution in [0.5, 0.6) is 0 Å². The number of para-hydroxylation sites is 1. The van der Waals surface area contributed by atoms with Crippen molar-refractivity contribution in [1.29, 1.82) is 0 Å². The van der Waals surface area contributed by atoms with Crippen LogP contribution in [0.3, 0.4) is 0 Å². The predicted molar refractivity (Wildman–Crippen MR) is 78.3 cm³/mol. The van der Waals surface area contributed by atoms with Gasteiger partial charge in [0, 0.05) is 17.5 Å². The van der Waals surface area contributed by atoms with Crippen molar-refractivity contribution in [2.24, 2.45) is 0 Å². The molecule has 21 heavy (non-hydrogen) atoms. The van der Waals surface area contributed by atoms with Gasteiger partial charge in [0.1, 0.15) is 23.5 Å². The summed E-state index contributed by atoms with van der Waals surface area (Å²) in [5.41, 5.74) is 1.99. The summed E-state index contributed by atoms with van der Waals surface area (Å²) in [4.78, 5) is 11.1. The van der Waals surface area contributed by atoms with E-state index < -0.39 is 18.1 Å². The minimum Gasteiger partial charge on any atom is -0.480 e. The first-order valence-electron chi connectivity index (χ1n) is 7.23. The van der Waals surface area contributed by atoms with Crippen molar-refractivity contribution in [3.8, 4) is 0 Å². The number of nitrogens with one attached hydrogen (secondary N) is 1. The molecule has 0 spiro atoms. The van der Waals surface area contributed by atoms with Gasteiger partial charge in [-0.15, -0.1) is 0 Å². The van der Waals surface area contributed by atoms with Crippen molar-refractivity contribution in [2.45, 2.75) is 38.5 Å². The maximum atomic E-state index is 11.1. The van der Waals surface area contributed by atoms with Gasteiger partial charge in [0.15, 0.2) is 0 Å². The van der Waals surface area contributed by atoms with E-state index in [1.807, 2.05) is 24.3 Å². The molecule has 0 radical (unpaired) electrons. The van der Waals surface area contributed by atoms with Gasteiger partial charge in [0.2, 0.25) is 0 Å². The van der Waals surface area contributed by atoms with Crippen molar-refractivity contribution in [1.82, 2.24) is 5.32 Å². The average molecular weight is 289 g/mol. The standard InChI is InChI=1S/C16H19NO4/c1-3-10-11-6-4-5-7-12(11)21-15(10)13-8-17-14(16(18)19)9(2)20-13/h4-7,9,13-14,17H,3,8H2,1-2H3,(H,18,19). The van der Waals surface area contributed by atoms with Gasteiger partial charge in [-0.2, -0.15) is 0 Å². The molecule has 2 N–H and O–H groups in total. The molecule has 0 amide bonds. The van der Waals surface area contributed by atoms with E-state index in [9.17, 15) is 4.79 Å². The molecule has 112 valence electrons. The molecule has 1 saturated heterocycles. The fraction of sp³-hybridized carbons (Fsp3) is 0.438. The Bertz CT molecular complexity index is 663. The molecule has 2 aromatic rings. The van der Waals surface area contributed by atoms with Crippen molar-refractivity contribution < 1.29 is 19.1 Å². The van der Waals surface area contributed by atoms with E-state index in [0.29, 0.717) is 6.54 Å². The fourth-order valence-electron chi connectivity index (χ4n) is 2.97. The zero-order chi connectivity index (χ0) is 15.0. The van der Waals surface area contributed by atoms with Gasteiger partial charge >= 0.3 is 5.97 Å². The van der Waals surface area contributed by atoms with E-state index in [0.717, 1.165) is 28.7 Å². The number of hydrogen-bond donors (Lipinski definition) is 2. The van der Waals surface area contributed by atoms with Crippen LogP contribution in [-0.2, 0) is 16.0 Å². The number of fused-ring (bicyclic) bond motifs is 1. The Balaban J connectivity index is 1.93. The molecule has 5 heteroatoms. The summed E-state index contributed by atoms with van der Waals surface area (Å²) in [6.07, 6.45) is 0.195. The number of carboxylic acid groups (broad SMARTS) is 1. The van der Waals surface area contributed by atoms with Crippen molar-refractivity contribution in [2.75, 3.05) is 6.54 Å². The third kappa shape index (κ3) is 2.43. The summed E-state index contributed by atoms with van der Waals surface area (Å²) in [5, 5.41) is 13.2. The van der Waals surface area contributed by atoms with Crippen LogP contribution in [0, 0.1) is 0 Å². The molecule has 1 aromatic heterocycles. The lowest BCUT2D eigenvalue weighted by Crippen LogP contribution is -2.52. The van der Waals surface area contributed by atoms with Crippen molar-refractivity contribution in [3.63, 3.8) is 0 Å². The van der Waals surface area contributed by atoms with E-state index in [-0.39, 0.29) is 6.10 Å². The van der Waals surface area contributed by atoms with E-state index in [1.165, 1.54) is 0 Å². The van der Waals surface area contributed by atoms with Gasteiger partial charge in [0.25, 0.3) is 0 Å². The smallest absolute Gasteiger partial charge is 0.323 e. The Morgan fingerprint density at radius 3 is 2.86 bits per heavy atom. The maximum Gasteiger partial charge on any atom is 0.323 e. The second kappa shape index (κ2) is 5.50. The molecular formula is C16H19NO4. The van der Waals surface area contributed by atoms with Crippen LogP contribution >= 0.6 is 0 Å². The summed E-state index contributed by atoms with van der Waals surface area (Å²) in [6, 6.07) is 7.25. The van der Waals surface area contributed by atoms with Gasteiger partial charge in [-0.1, -0.05) is 25.1 Å². The summed E-state index contributed by atoms with van der Waals surface area (Å²) >= 11 is 0. The third-order valence-electron chi connectivity index (χ3n) is 4.01. The SMILES string of the molecule is CCc1c(C2CNC(C(=O)O)C(C)O2)oc2ccccc12. The van der Waals surface area contributed by atoms with Gasteiger partial charge < -0.3 is 14.3 Å². The highest BCUT2D eigenvalue weighted by molar-refractivity contribution is 5.82. The molecule has 1 aliphatic rings. The van der Waals surface area contributed by atoms with E-state index in [2.05, 4.69) is 12.2 Å². The second-order valence-electron chi connectivity index (χ2n) is 5.35. The number of rotatable bonds is 3. The Kier molecular flexibility index (Phi) is 3.69. The highest BCUT2D eigenvalue weighted by atomic mass is 16.5. The highest BCUT2D eigenvalue weighted by Crippen LogP contribution is 2.34. The number of ether oxygens (including phenoxy) is 1. The molecule has 3 atom stereocenters. The van der Waals surface area contributed by atoms with Gasteiger partial charge in [0.05, 0.1) is 6.10 Å². The topological polar surface area (TPSA) is 71.7 Å². The van der Waals surface area contributed by atoms with Crippen molar-refractivity contribution >= 4 is 16.9 Å². The zero-order valence-corrected chi connectivity index (χ0v) is 12.1. The third-order valence-corrected chi connectivity index (χ3v) is 4.01. The molecule has 5 nitrogen and oxygen atoms in total. The average Bonchev–Trinajstić information content (AvgIpc) is 2.85. The molecule has 2 heterocycles. The Hall–Kier alpha value is -1.85. The Morgan fingerprint density at radius 2 is 2.19 bits per heavy atom. The quantitative estimate of drug-likeness (QED) is 0.908. The number of carbonyl (C=O) groups is 1. The van der Waals surface area contributed by atoms with Gasteiger partial charge in [-0.3, -0.25) is 10.1 Å². The Morgan fingerprint density at radius 1 is 1.43 bits per heavy atom. The number of aryl methyl sites for hydroxylation is 1. The lowest BCUT2D eigenvalue weighted by Gasteiger charge is -2.32. The lowest BCUT2D eigenvalue weighted by atomic mass is 10.0.